The van der Waals surface area contributed by atoms with Crippen molar-refractivity contribution in [3.05, 3.63) is 67.0 Å². The Hall–Kier alpha value is -3.41. The molecule has 11 nitrogen and oxygen atoms in total. The maximum atomic E-state index is 11.5. The molecule has 1 saturated carbocycles. The number of halogens is 2. The van der Waals surface area contributed by atoms with Gasteiger partial charge in [-0.2, -0.15) is 19.6 Å². The fourth-order valence-corrected chi connectivity index (χ4v) is 3.85. The number of H-pyrrole nitrogens is 2. The van der Waals surface area contributed by atoms with Gasteiger partial charge in [-0.3, -0.25) is 4.98 Å². The fourth-order valence-electron chi connectivity index (χ4n) is 3.31. The van der Waals surface area contributed by atoms with Crippen LogP contribution in [0.2, 0.25) is 10.0 Å². The fraction of sp³-hybridized carbons (Fsp3) is 0.250. The van der Waals surface area contributed by atoms with E-state index in [4.69, 9.17) is 23.2 Å². The monoisotopic (exact) mass is 488 g/mol. The van der Waals surface area contributed by atoms with E-state index in [9.17, 15) is 15.0 Å². The Morgan fingerprint density at radius 2 is 2.00 bits per heavy atom. The number of aliphatic hydroxyl groups excluding tert-OH is 1. The average Bonchev–Trinajstić information content (AvgIpc) is 3.40. The predicted molar refractivity (Wildman–Crippen MR) is 121 cm³/mol. The van der Waals surface area contributed by atoms with Gasteiger partial charge in [-0.05, 0) is 42.7 Å². The topological polar surface area (TPSA) is 157 Å². The average molecular weight is 489 g/mol. The van der Waals surface area contributed by atoms with Gasteiger partial charge in [0.1, 0.15) is 5.69 Å². The van der Waals surface area contributed by atoms with Crippen LogP contribution in [0.5, 0.6) is 5.88 Å². The highest BCUT2D eigenvalue weighted by Gasteiger charge is 2.21. The lowest BCUT2D eigenvalue weighted by Gasteiger charge is -2.17. The van der Waals surface area contributed by atoms with Gasteiger partial charge in [0, 0.05) is 15.3 Å². The van der Waals surface area contributed by atoms with Crippen molar-refractivity contribution in [3.63, 3.8) is 0 Å². The van der Waals surface area contributed by atoms with Crippen LogP contribution in [-0.2, 0) is 0 Å². The highest BCUT2D eigenvalue weighted by Crippen LogP contribution is 2.25. The first kappa shape index (κ1) is 21.4. The third-order valence-electron chi connectivity index (χ3n) is 5.03. The van der Waals surface area contributed by atoms with Gasteiger partial charge < -0.3 is 20.5 Å². The molecule has 1 unspecified atom stereocenters. The standard InChI is InChI=1S/C20H18Cl2N8O3/c21-11-3-9(4-12(22)6-11)15(8-31)25-18-27-16-10(5-14-17(32)28-20(33)26-14)7-23-30(16)19(29-18)24-13-1-2-13/h3-7,13,15,31-32H,1-2,8H2,(H,24,25,29)(H2,26,28,33). The molecule has 1 fully saturated rings. The molecule has 5 N–H and O–H groups in total. The number of nitrogens with zero attached hydrogens (tertiary/aromatic N) is 5. The summed E-state index contributed by atoms with van der Waals surface area (Å²) in [6.45, 7) is -0.267. The van der Waals surface area contributed by atoms with Crippen molar-refractivity contribution in [2.24, 2.45) is 4.99 Å². The van der Waals surface area contributed by atoms with E-state index in [0.29, 0.717) is 32.1 Å². The maximum absolute atomic E-state index is 11.5. The molecule has 3 aromatic heterocycles. The molecule has 0 spiro atoms. The van der Waals surface area contributed by atoms with Gasteiger partial charge >= 0.3 is 5.69 Å². The van der Waals surface area contributed by atoms with Gasteiger partial charge in [-0.1, -0.05) is 23.2 Å². The number of anilines is 1. The Bertz CT molecular complexity index is 1500. The molecule has 33 heavy (non-hydrogen) atoms. The third-order valence-corrected chi connectivity index (χ3v) is 5.47. The number of aliphatic hydroxyl groups is 1. The van der Waals surface area contributed by atoms with Crippen molar-refractivity contribution in [1.82, 2.24) is 29.5 Å². The zero-order valence-electron chi connectivity index (χ0n) is 17.0. The molecular weight excluding hydrogens is 471 g/mol. The number of benzene rings is 1. The molecule has 1 aliphatic rings. The van der Waals surface area contributed by atoms with Crippen LogP contribution in [0.3, 0.4) is 0 Å². The van der Waals surface area contributed by atoms with Crippen molar-refractivity contribution in [2.75, 3.05) is 11.9 Å². The maximum Gasteiger partial charge on any atom is 0.326 e. The summed E-state index contributed by atoms with van der Waals surface area (Å²) in [5.74, 6) is -0.0909. The number of aromatic amines is 2. The Labute approximate surface area is 195 Å². The first-order valence-electron chi connectivity index (χ1n) is 10.1. The Morgan fingerprint density at radius 1 is 1.24 bits per heavy atom. The highest BCUT2D eigenvalue weighted by atomic mass is 35.5. The second-order valence-corrected chi connectivity index (χ2v) is 8.48. The molecule has 170 valence electrons. The minimum Gasteiger partial charge on any atom is -0.493 e. The molecule has 1 atom stereocenters. The molecule has 5 rings (SSSR count). The molecule has 0 radical (unpaired) electrons. The van der Waals surface area contributed by atoms with Crippen LogP contribution in [0, 0.1) is 0 Å². The van der Waals surface area contributed by atoms with Gasteiger partial charge in [0.05, 0.1) is 24.9 Å². The summed E-state index contributed by atoms with van der Waals surface area (Å²) in [6.07, 6.45) is 5.00. The van der Waals surface area contributed by atoms with Gasteiger partial charge in [0.2, 0.25) is 11.8 Å². The van der Waals surface area contributed by atoms with Crippen LogP contribution >= 0.6 is 23.2 Å². The van der Waals surface area contributed by atoms with Gasteiger partial charge in [-0.15, -0.1) is 0 Å². The number of aromatic hydroxyl groups is 1. The molecule has 0 aliphatic heterocycles. The number of imidazole rings is 1. The molecule has 3 heterocycles. The summed E-state index contributed by atoms with van der Waals surface area (Å²) in [4.78, 5) is 29.9. The van der Waals surface area contributed by atoms with Crippen LogP contribution in [0.15, 0.2) is 34.2 Å². The van der Waals surface area contributed by atoms with Gasteiger partial charge in [-0.25, -0.2) is 9.79 Å². The summed E-state index contributed by atoms with van der Waals surface area (Å²) in [5.41, 5.74) is 1.05. The second kappa shape index (κ2) is 8.50. The molecule has 0 bridgehead atoms. The number of hydrogen-bond donors (Lipinski definition) is 5. The summed E-state index contributed by atoms with van der Waals surface area (Å²) in [5, 5.41) is 28.7. The van der Waals surface area contributed by atoms with E-state index in [-0.39, 0.29) is 30.2 Å². The Kier molecular flexibility index (Phi) is 5.52. The first-order chi connectivity index (χ1) is 15.9. The number of fused-ring (bicyclic) bond motifs is 1. The van der Waals surface area contributed by atoms with E-state index in [1.165, 1.54) is 16.8 Å². The number of nitrogens with one attached hydrogen (secondary N) is 3. The minimum absolute atomic E-state index is 0.165. The summed E-state index contributed by atoms with van der Waals surface area (Å²) < 4.78 is 1.49. The number of hydrogen-bond acceptors (Lipinski definition) is 8. The van der Waals surface area contributed by atoms with Crippen LogP contribution in [-0.4, -0.2) is 52.4 Å². The van der Waals surface area contributed by atoms with Gasteiger partial charge in [0.15, 0.2) is 5.65 Å². The smallest absolute Gasteiger partial charge is 0.326 e. The number of rotatable bonds is 6. The first-order valence-corrected chi connectivity index (χ1v) is 10.8. The van der Waals surface area contributed by atoms with Crippen molar-refractivity contribution in [3.8, 4) is 5.88 Å². The van der Waals surface area contributed by atoms with E-state index < -0.39 is 11.7 Å². The van der Waals surface area contributed by atoms with Crippen molar-refractivity contribution in [2.45, 2.75) is 24.9 Å². The molecule has 1 aromatic carbocycles. The lowest BCUT2D eigenvalue weighted by atomic mass is 10.1. The molecule has 0 saturated heterocycles. The largest absolute Gasteiger partial charge is 0.493 e. The minimum atomic E-state index is -0.585. The SMILES string of the molecule is O=c1[nH]c(O)c(C=c2cnn3c(=NC4CC4)nc(NC(CO)c4cc(Cl)cc(Cl)c4)nc23)[nH]1. The van der Waals surface area contributed by atoms with E-state index in [1.54, 1.807) is 18.2 Å². The lowest BCUT2D eigenvalue weighted by molar-refractivity contribution is 0.276. The van der Waals surface area contributed by atoms with Crippen molar-refractivity contribution < 1.29 is 10.2 Å². The van der Waals surface area contributed by atoms with E-state index in [1.807, 2.05) is 0 Å². The Morgan fingerprint density at radius 3 is 2.64 bits per heavy atom. The van der Waals surface area contributed by atoms with Crippen molar-refractivity contribution in [1.29, 1.82) is 0 Å². The zero-order valence-corrected chi connectivity index (χ0v) is 18.5. The lowest BCUT2D eigenvalue weighted by Crippen LogP contribution is -2.26. The van der Waals surface area contributed by atoms with Crippen LogP contribution in [0.1, 0.15) is 30.1 Å². The molecular formula is C20H18Cl2N8O3. The third kappa shape index (κ3) is 4.56. The molecule has 0 amide bonds. The number of aromatic nitrogens is 6. The summed E-state index contributed by atoms with van der Waals surface area (Å²) >= 11 is 12.2. The normalized spacial score (nSPS) is 16.0. The quantitative estimate of drug-likeness (QED) is 0.270. The summed E-state index contributed by atoms with van der Waals surface area (Å²) in [7, 11) is 0. The van der Waals surface area contributed by atoms with Crippen LogP contribution < -0.4 is 21.8 Å². The van der Waals surface area contributed by atoms with Crippen molar-refractivity contribution >= 4 is 40.9 Å². The second-order valence-electron chi connectivity index (χ2n) is 7.61. The van der Waals surface area contributed by atoms with E-state index >= 15 is 0 Å². The van der Waals surface area contributed by atoms with E-state index in [2.05, 4.69) is 35.3 Å². The molecule has 4 aromatic rings. The van der Waals surface area contributed by atoms with Crippen LogP contribution in [0.4, 0.5) is 5.95 Å². The summed E-state index contributed by atoms with van der Waals surface area (Å²) in [6, 6.07) is 4.57. The molecule has 13 heteroatoms. The molecule has 1 aliphatic carbocycles. The van der Waals surface area contributed by atoms with E-state index in [0.717, 1.165) is 12.8 Å². The van der Waals surface area contributed by atoms with Gasteiger partial charge in [0.25, 0.3) is 5.62 Å². The predicted octanol–water partition coefficient (Wildman–Crippen LogP) is 0.909. The zero-order chi connectivity index (χ0) is 23.1. The Balaban J connectivity index is 1.63. The van der Waals surface area contributed by atoms with Crippen LogP contribution in [0.25, 0.3) is 11.7 Å². The highest BCUT2D eigenvalue weighted by molar-refractivity contribution is 6.34.